The van der Waals surface area contributed by atoms with Crippen LogP contribution in [0.15, 0.2) is 23.1 Å². The molecule has 1 aromatic rings. The van der Waals surface area contributed by atoms with Crippen LogP contribution in [-0.4, -0.2) is 25.2 Å². The van der Waals surface area contributed by atoms with Gasteiger partial charge in [0.25, 0.3) is 5.56 Å². The largest absolute Gasteiger partial charge is 0.384 e. The minimum Gasteiger partial charge on any atom is -0.384 e. The normalized spacial score (nSPS) is 15.9. The lowest BCUT2D eigenvalue weighted by Crippen LogP contribution is -2.13. The van der Waals surface area contributed by atoms with Gasteiger partial charge in [-0.3, -0.25) is 4.79 Å². The van der Waals surface area contributed by atoms with Crippen molar-refractivity contribution in [3.63, 3.8) is 0 Å². The van der Waals surface area contributed by atoms with Gasteiger partial charge in [0.05, 0.1) is 6.10 Å². The third-order valence-corrected chi connectivity index (χ3v) is 2.97. The van der Waals surface area contributed by atoms with Crippen LogP contribution in [0, 0.1) is 0 Å². The maximum absolute atomic E-state index is 10.7. The molecule has 0 unspecified atom stereocenters. The van der Waals surface area contributed by atoms with Crippen LogP contribution >= 0.6 is 0 Å². The van der Waals surface area contributed by atoms with Crippen molar-refractivity contribution in [2.24, 2.45) is 0 Å². The van der Waals surface area contributed by atoms with Gasteiger partial charge in [0.2, 0.25) is 0 Å². The van der Waals surface area contributed by atoms with E-state index in [0.29, 0.717) is 11.8 Å². The molecule has 4 heteroatoms. The smallest absolute Gasteiger partial charge is 0.271 e. The monoisotopic (exact) mass is 238 g/mol. The summed E-state index contributed by atoms with van der Waals surface area (Å²) in [5.74, 6) is 0. The van der Waals surface area contributed by atoms with Crippen LogP contribution in [-0.2, 0) is 4.74 Å². The number of aromatic amines is 1. The molecule has 17 heavy (non-hydrogen) atoms. The highest BCUT2D eigenvalue weighted by molar-refractivity contribution is 5.38. The Kier molecular flexibility index (Phi) is 6.40. The zero-order chi connectivity index (χ0) is 12.5. The van der Waals surface area contributed by atoms with E-state index in [0.717, 1.165) is 0 Å². The molecule has 1 saturated carbocycles. The molecule has 0 aromatic carbocycles. The fourth-order valence-electron chi connectivity index (χ4n) is 1.92. The number of aromatic nitrogens is 1. The van der Waals surface area contributed by atoms with Crippen LogP contribution in [0.2, 0.25) is 0 Å². The number of methoxy groups -OCH3 is 1. The van der Waals surface area contributed by atoms with Gasteiger partial charge in [-0.1, -0.05) is 19.3 Å². The van der Waals surface area contributed by atoms with Gasteiger partial charge >= 0.3 is 0 Å². The molecule has 2 N–H and O–H groups in total. The Labute approximate surface area is 102 Å². The summed E-state index contributed by atoms with van der Waals surface area (Å²) in [6.45, 7) is 0. The molecule has 1 aromatic heterocycles. The zero-order valence-corrected chi connectivity index (χ0v) is 10.7. The molecule has 1 aliphatic rings. The summed E-state index contributed by atoms with van der Waals surface area (Å²) >= 11 is 0. The summed E-state index contributed by atoms with van der Waals surface area (Å²) in [6.07, 6.45) is 8.93. The number of nitrogens with one attached hydrogen (secondary N) is 2. The predicted octanol–water partition coefficient (Wildman–Crippen LogP) is 2.38. The molecule has 96 valence electrons. The van der Waals surface area contributed by atoms with Crippen molar-refractivity contribution in [2.45, 2.75) is 38.2 Å². The van der Waals surface area contributed by atoms with Crippen LogP contribution in [0.3, 0.4) is 0 Å². The molecule has 1 aliphatic carbocycles. The number of hydrogen-bond donors (Lipinski definition) is 2. The third-order valence-electron chi connectivity index (χ3n) is 2.97. The Bertz CT molecular complexity index is 356. The predicted molar refractivity (Wildman–Crippen MR) is 70.5 cm³/mol. The van der Waals surface area contributed by atoms with Gasteiger partial charge in [0, 0.05) is 20.4 Å². The van der Waals surface area contributed by atoms with Crippen molar-refractivity contribution in [1.82, 2.24) is 4.98 Å². The van der Waals surface area contributed by atoms with Crippen molar-refractivity contribution < 1.29 is 4.74 Å². The van der Waals surface area contributed by atoms with E-state index < -0.39 is 0 Å². The maximum Gasteiger partial charge on any atom is 0.271 e. The summed E-state index contributed by atoms with van der Waals surface area (Å²) in [4.78, 5) is 13.3. The second-order valence-electron chi connectivity index (χ2n) is 4.16. The first-order valence-electron chi connectivity index (χ1n) is 6.16. The first kappa shape index (κ1) is 13.8. The van der Waals surface area contributed by atoms with Crippen molar-refractivity contribution >= 4 is 5.69 Å². The van der Waals surface area contributed by atoms with E-state index in [-0.39, 0.29) is 5.56 Å². The highest BCUT2D eigenvalue weighted by atomic mass is 16.5. The second kappa shape index (κ2) is 7.90. The van der Waals surface area contributed by atoms with E-state index in [1.54, 1.807) is 25.4 Å². The molecule has 0 atom stereocenters. The first-order valence-corrected chi connectivity index (χ1v) is 6.16. The minimum absolute atomic E-state index is 0.0833. The number of hydrogen-bond acceptors (Lipinski definition) is 3. The molecule has 2 rings (SSSR count). The van der Waals surface area contributed by atoms with Crippen LogP contribution in [0.1, 0.15) is 32.1 Å². The molecule has 0 aliphatic heterocycles. The van der Waals surface area contributed by atoms with Crippen molar-refractivity contribution in [3.8, 4) is 0 Å². The molecule has 4 nitrogen and oxygen atoms in total. The van der Waals surface area contributed by atoms with Crippen LogP contribution in [0.25, 0.3) is 0 Å². The van der Waals surface area contributed by atoms with Gasteiger partial charge < -0.3 is 15.0 Å². The average Bonchev–Trinajstić information content (AvgIpc) is 2.41. The number of ether oxygens (including phenoxy) is 1. The van der Waals surface area contributed by atoms with E-state index >= 15 is 0 Å². The SMILES string of the molecule is CNc1ccc[nH]c1=O.COC1CCCCC1. The first-order chi connectivity index (χ1) is 8.27. The maximum atomic E-state index is 10.7. The summed E-state index contributed by atoms with van der Waals surface area (Å²) in [7, 11) is 3.53. The molecule has 1 heterocycles. The van der Waals surface area contributed by atoms with E-state index in [4.69, 9.17) is 4.74 Å². The Balaban J connectivity index is 0.000000171. The van der Waals surface area contributed by atoms with E-state index in [9.17, 15) is 4.79 Å². The molecular formula is C13H22N2O2. The standard InChI is InChI=1S/C7H14O.C6H8N2O/c1-8-7-5-3-2-4-6-7;1-7-5-3-2-4-8-6(5)9/h7H,2-6H2,1H3;2-4,7H,1H3,(H,8,9). The number of H-pyrrole nitrogens is 1. The average molecular weight is 238 g/mol. The number of anilines is 1. The fourth-order valence-corrected chi connectivity index (χ4v) is 1.92. The fraction of sp³-hybridized carbons (Fsp3) is 0.615. The van der Waals surface area contributed by atoms with Gasteiger partial charge in [-0.05, 0) is 25.0 Å². The van der Waals surface area contributed by atoms with Crippen molar-refractivity contribution in [1.29, 1.82) is 0 Å². The molecule has 1 fully saturated rings. The van der Waals surface area contributed by atoms with E-state index in [2.05, 4.69) is 10.3 Å². The summed E-state index contributed by atoms with van der Waals surface area (Å²) in [5, 5.41) is 2.75. The van der Waals surface area contributed by atoms with Crippen LogP contribution < -0.4 is 10.9 Å². The topological polar surface area (TPSA) is 54.1 Å². The third kappa shape index (κ3) is 5.04. The Morgan fingerprint density at radius 3 is 2.47 bits per heavy atom. The lowest BCUT2D eigenvalue weighted by Gasteiger charge is -2.19. The van der Waals surface area contributed by atoms with Crippen LogP contribution in [0.4, 0.5) is 5.69 Å². The van der Waals surface area contributed by atoms with Crippen molar-refractivity contribution in [2.75, 3.05) is 19.5 Å². The lowest BCUT2D eigenvalue weighted by molar-refractivity contribution is 0.0710. The molecule has 0 bridgehead atoms. The number of pyridine rings is 1. The molecule has 0 spiro atoms. The summed E-state index contributed by atoms with van der Waals surface area (Å²) < 4.78 is 5.19. The zero-order valence-electron chi connectivity index (χ0n) is 10.7. The Morgan fingerprint density at radius 1 is 1.35 bits per heavy atom. The quantitative estimate of drug-likeness (QED) is 0.831. The highest BCUT2D eigenvalue weighted by Gasteiger charge is 2.10. The summed E-state index contributed by atoms with van der Waals surface area (Å²) in [5.41, 5.74) is 0.512. The molecular weight excluding hydrogens is 216 g/mol. The van der Waals surface area contributed by atoms with Crippen LogP contribution in [0.5, 0.6) is 0 Å². The van der Waals surface area contributed by atoms with E-state index in [1.807, 2.05) is 7.11 Å². The highest BCUT2D eigenvalue weighted by Crippen LogP contribution is 2.18. The van der Waals surface area contributed by atoms with Gasteiger partial charge in [-0.15, -0.1) is 0 Å². The second-order valence-corrected chi connectivity index (χ2v) is 4.16. The van der Waals surface area contributed by atoms with E-state index in [1.165, 1.54) is 32.1 Å². The summed E-state index contributed by atoms with van der Waals surface area (Å²) in [6, 6.07) is 3.49. The van der Waals surface area contributed by atoms with Gasteiger partial charge in [0.15, 0.2) is 0 Å². The molecule has 0 saturated heterocycles. The van der Waals surface area contributed by atoms with Gasteiger partial charge in [-0.2, -0.15) is 0 Å². The number of rotatable bonds is 2. The minimum atomic E-state index is -0.0833. The Morgan fingerprint density at radius 2 is 2.06 bits per heavy atom. The van der Waals surface area contributed by atoms with Gasteiger partial charge in [-0.25, -0.2) is 0 Å². The van der Waals surface area contributed by atoms with Crippen molar-refractivity contribution in [3.05, 3.63) is 28.7 Å². The molecule has 0 radical (unpaired) electrons. The van der Waals surface area contributed by atoms with Gasteiger partial charge in [0.1, 0.15) is 5.69 Å². The Hall–Kier alpha value is -1.29. The lowest BCUT2D eigenvalue weighted by atomic mass is 9.98. The molecule has 0 amide bonds.